The number of benzene rings is 1. The van der Waals surface area contributed by atoms with E-state index >= 15 is 0 Å². The maximum Gasteiger partial charge on any atom is 0.307 e. The molecule has 1 unspecified atom stereocenters. The molecule has 1 heterocycles. The van der Waals surface area contributed by atoms with Crippen molar-refractivity contribution in [3.63, 3.8) is 0 Å². The number of rotatable bonds is 6. The second kappa shape index (κ2) is 6.61. The summed E-state index contributed by atoms with van der Waals surface area (Å²) >= 11 is 0. The van der Waals surface area contributed by atoms with Crippen LogP contribution in [0.5, 0.6) is 0 Å². The zero-order chi connectivity index (χ0) is 14.5. The molecule has 0 bridgehead atoms. The molecule has 0 radical (unpaired) electrons. The first-order chi connectivity index (χ1) is 9.56. The molecule has 0 aromatic heterocycles. The van der Waals surface area contributed by atoms with Gasteiger partial charge in [-0.1, -0.05) is 12.1 Å². The highest BCUT2D eigenvalue weighted by atomic mass is 19.1. The fourth-order valence-corrected chi connectivity index (χ4v) is 2.50. The van der Waals surface area contributed by atoms with Crippen LogP contribution >= 0.6 is 0 Å². The molecule has 1 aromatic carbocycles. The molecule has 2 N–H and O–H groups in total. The van der Waals surface area contributed by atoms with Crippen LogP contribution in [-0.2, 0) is 16.0 Å². The fourth-order valence-electron chi connectivity index (χ4n) is 2.50. The Balaban J connectivity index is 1.98. The van der Waals surface area contributed by atoms with Crippen molar-refractivity contribution in [1.82, 2.24) is 5.32 Å². The molecule has 2 rings (SSSR count). The molecule has 0 saturated carbocycles. The highest BCUT2D eigenvalue weighted by Gasteiger charge is 2.28. The highest BCUT2D eigenvalue weighted by molar-refractivity contribution is 5.88. The van der Waals surface area contributed by atoms with Crippen LogP contribution in [0, 0.1) is 11.7 Å². The van der Waals surface area contributed by atoms with Crippen molar-refractivity contribution in [2.75, 3.05) is 6.54 Å². The van der Waals surface area contributed by atoms with E-state index in [0.717, 1.165) is 24.9 Å². The maximum atomic E-state index is 12.8. The van der Waals surface area contributed by atoms with Crippen LogP contribution in [0.25, 0.3) is 0 Å². The Morgan fingerprint density at radius 1 is 1.35 bits per heavy atom. The smallest absolute Gasteiger partial charge is 0.307 e. The van der Waals surface area contributed by atoms with Gasteiger partial charge in [0.15, 0.2) is 5.78 Å². The predicted octanol–water partition coefficient (Wildman–Crippen LogP) is 1.78. The lowest BCUT2D eigenvalue weighted by Crippen LogP contribution is -2.33. The Morgan fingerprint density at radius 2 is 2.05 bits per heavy atom. The Bertz CT molecular complexity index is 480. The van der Waals surface area contributed by atoms with Crippen molar-refractivity contribution < 1.29 is 19.1 Å². The second-order valence-corrected chi connectivity index (χ2v) is 5.19. The summed E-state index contributed by atoms with van der Waals surface area (Å²) in [5.74, 6) is -2.14. The molecule has 2 atom stereocenters. The molecule has 1 aliphatic heterocycles. The number of halogens is 1. The van der Waals surface area contributed by atoms with Gasteiger partial charge in [-0.25, -0.2) is 4.39 Å². The standard InChI is InChI=1S/C15H18FNO3/c16-12-5-3-10(4-6-12)8-11(15(19)20)9-14(18)13-2-1-7-17-13/h3-6,11,13,17H,1-2,7-9H2,(H,19,20)/t11?,13-/m0/s1. The van der Waals surface area contributed by atoms with Crippen LogP contribution in [0.15, 0.2) is 24.3 Å². The first-order valence-corrected chi connectivity index (χ1v) is 6.79. The molecule has 1 saturated heterocycles. The quantitative estimate of drug-likeness (QED) is 0.833. The van der Waals surface area contributed by atoms with Crippen LogP contribution < -0.4 is 5.32 Å². The molecule has 4 nitrogen and oxygen atoms in total. The molecule has 0 spiro atoms. The third-order valence-corrected chi connectivity index (χ3v) is 3.64. The van der Waals surface area contributed by atoms with Crippen molar-refractivity contribution in [3.05, 3.63) is 35.6 Å². The van der Waals surface area contributed by atoms with Crippen LogP contribution in [0.1, 0.15) is 24.8 Å². The van der Waals surface area contributed by atoms with Gasteiger partial charge in [0.1, 0.15) is 5.82 Å². The number of nitrogens with one attached hydrogen (secondary N) is 1. The molecule has 0 amide bonds. The molecular weight excluding hydrogens is 261 g/mol. The van der Waals surface area contributed by atoms with Gasteiger partial charge < -0.3 is 10.4 Å². The van der Waals surface area contributed by atoms with Gasteiger partial charge in [0.25, 0.3) is 0 Å². The Labute approximate surface area is 117 Å². The van der Waals surface area contributed by atoms with Crippen molar-refractivity contribution in [2.45, 2.75) is 31.7 Å². The first-order valence-electron chi connectivity index (χ1n) is 6.79. The zero-order valence-corrected chi connectivity index (χ0v) is 11.1. The fraction of sp³-hybridized carbons (Fsp3) is 0.467. The molecule has 0 aliphatic carbocycles. The summed E-state index contributed by atoms with van der Waals surface area (Å²) in [5.41, 5.74) is 0.728. The number of hydrogen-bond acceptors (Lipinski definition) is 3. The first kappa shape index (κ1) is 14.7. The average Bonchev–Trinajstić information content (AvgIpc) is 2.94. The number of aliphatic carboxylic acids is 1. The number of Topliss-reactive ketones (excluding diaryl/α,β-unsaturated/α-hetero) is 1. The van der Waals surface area contributed by atoms with Crippen molar-refractivity contribution in [1.29, 1.82) is 0 Å². The summed E-state index contributed by atoms with van der Waals surface area (Å²) < 4.78 is 12.8. The molecule has 5 heteroatoms. The molecule has 1 aliphatic rings. The van der Waals surface area contributed by atoms with E-state index in [0.29, 0.717) is 0 Å². The minimum atomic E-state index is -0.985. The lowest BCUT2D eigenvalue weighted by atomic mass is 9.92. The Morgan fingerprint density at radius 3 is 2.60 bits per heavy atom. The molecule has 108 valence electrons. The average molecular weight is 279 g/mol. The largest absolute Gasteiger partial charge is 0.481 e. The summed E-state index contributed by atoms with van der Waals surface area (Å²) in [6, 6.07) is 5.51. The van der Waals surface area contributed by atoms with Crippen LogP contribution in [-0.4, -0.2) is 29.4 Å². The van der Waals surface area contributed by atoms with Gasteiger partial charge in [0, 0.05) is 6.42 Å². The maximum absolute atomic E-state index is 12.8. The van der Waals surface area contributed by atoms with Gasteiger partial charge in [-0.05, 0) is 43.5 Å². The number of ketones is 1. The van der Waals surface area contributed by atoms with Crippen molar-refractivity contribution in [2.24, 2.45) is 5.92 Å². The third kappa shape index (κ3) is 3.87. The SMILES string of the molecule is O=C(O)C(CC(=O)[C@@H]1CCCN1)Cc1ccc(F)cc1. The summed E-state index contributed by atoms with van der Waals surface area (Å²) in [5, 5.41) is 12.3. The summed E-state index contributed by atoms with van der Waals surface area (Å²) in [7, 11) is 0. The summed E-state index contributed by atoms with van der Waals surface area (Å²) in [6.07, 6.45) is 1.99. The zero-order valence-electron chi connectivity index (χ0n) is 11.1. The summed E-state index contributed by atoms with van der Waals surface area (Å²) in [4.78, 5) is 23.3. The predicted molar refractivity (Wildman–Crippen MR) is 71.9 cm³/mol. The van der Waals surface area contributed by atoms with Crippen LogP contribution in [0.4, 0.5) is 4.39 Å². The Kier molecular flexibility index (Phi) is 4.84. The van der Waals surface area contributed by atoms with Gasteiger partial charge >= 0.3 is 5.97 Å². The van der Waals surface area contributed by atoms with E-state index in [9.17, 15) is 19.1 Å². The molecule has 20 heavy (non-hydrogen) atoms. The molecule has 1 fully saturated rings. The lowest BCUT2D eigenvalue weighted by molar-refractivity contribution is -0.143. The minimum Gasteiger partial charge on any atom is -0.481 e. The van der Waals surface area contributed by atoms with Crippen molar-refractivity contribution in [3.8, 4) is 0 Å². The number of carboxylic acid groups (broad SMARTS) is 1. The number of carboxylic acids is 1. The van der Waals surface area contributed by atoms with E-state index < -0.39 is 11.9 Å². The highest BCUT2D eigenvalue weighted by Crippen LogP contribution is 2.17. The van der Waals surface area contributed by atoms with Gasteiger partial charge in [0.05, 0.1) is 12.0 Å². The van der Waals surface area contributed by atoms with E-state index in [1.165, 1.54) is 12.1 Å². The van der Waals surface area contributed by atoms with Crippen molar-refractivity contribution >= 4 is 11.8 Å². The van der Waals surface area contributed by atoms with E-state index in [4.69, 9.17) is 0 Å². The van der Waals surface area contributed by atoms with Gasteiger partial charge in [0.2, 0.25) is 0 Å². The van der Waals surface area contributed by atoms with E-state index in [2.05, 4.69) is 5.32 Å². The number of carbonyl (C=O) groups is 2. The third-order valence-electron chi connectivity index (χ3n) is 3.64. The van der Waals surface area contributed by atoms with Gasteiger partial charge in [-0.15, -0.1) is 0 Å². The lowest BCUT2D eigenvalue weighted by Gasteiger charge is -2.15. The van der Waals surface area contributed by atoms with E-state index in [1.54, 1.807) is 12.1 Å². The monoisotopic (exact) mass is 279 g/mol. The van der Waals surface area contributed by atoms with Crippen LogP contribution in [0.3, 0.4) is 0 Å². The van der Waals surface area contributed by atoms with E-state index in [1.807, 2.05) is 0 Å². The topological polar surface area (TPSA) is 66.4 Å². The minimum absolute atomic E-state index is 0.0182. The van der Waals surface area contributed by atoms with Gasteiger partial charge in [-0.3, -0.25) is 9.59 Å². The van der Waals surface area contributed by atoms with Crippen LogP contribution in [0.2, 0.25) is 0 Å². The molecular formula is C15H18FNO3. The molecule has 1 aromatic rings. The second-order valence-electron chi connectivity index (χ2n) is 5.19. The Hall–Kier alpha value is -1.75. The number of hydrogen-bond donors (Lipinski definition) is 2. The number of carbonyl (C=O) groups excluding carboxylic acids is 1. The van der Waals surface area contributed by atoms with E-state index in [-0.39, 0.29) is 30.5 Å². The normalized spacial score (nSPS) is 19.8. The summed E-state index contributed by atoms with van der Waals surface area (Å²) in [6.45, 7) is 0.812. The van der Waals surface area contributed by atoms with Gasteiger partial charge in [-0.2, -0.15) is 0 Å².